The van der Waals surface area contributed by atoms with Crippen molar-refractivity contribution in [1.82, 2.24) is 14.8 Å². The number of hydrogen-bond donors (Lipinski definition) is 1. The molecule has 1 saturated carbocycles. The van der Waals surface area contributed by atoms with Gasteiger partial charge in [0, 0.05) is 13.0 Å². The highest BCUT2D eigenvalue weighted by molar-refractivity contribution is 4.90. The molecule has 1 fully saturated rings. The quantitative estimate of drug-likeness (QED) is 0.860. The fourth-order valence-corrected chi connectivity index (χ4v) is 3.18. The molecule has 1 aromatic heterocycles. The Balaban J connectivity index is 1.87. The zero-order valence-corrected chi connectivity index (χ0v) is 12.3. The van der Waals surface area contributed by atoms with E-state index in [2.05, 4.69) is 23.9 Å². The highest BCUT2D eigenvalue weighted by atomic mass is 16.3. The Labute approximate surface area is 116 Å². The SMILES string of the molecule is CCCn1ncnc1CC(O)C1CCC(CC)CC1. The van der Waals surface area contributed by atoms with Gasteiger partial charge in [0.2, 0.25) is 0 Å². The smallest absolute Gasteiger partial charge is 0.138 e. The third-order valence-electron chi connectivity index (χ3n) is 4.54. The van der Waals surface area contributed by atoms with Crippen molar-refractivity contribution in [2.75, 3.05) is 0 Å². The molecule has 19 heavy (non-hydrogen) atoms. The highest BCUT2D eigenvalue weighted by Crippen LogP contribution is 2.33. The molecule has 0 radical (unpaired) electrons. The molecule has 1 aliphatic carbocycles. The van der Waals surface area contributed by atoms with Crippen molar-refractivity contribution in [2.24, 2.45) is 11.8 Å². The fraction of sp³-hybridized carbons (Fsp3) is 0.867. The molecule has 0 aromatic carbocycles. The van der Waals surface area contributed by atoms with E-state index >= 15 is 0 Å². The van der Waals surface area contributed by atoms with Gasteiger partial charge in [-0.3, -0.25) is 4.68 Å². The maximum atomic E-state index is 10.4. The second kappa shape index (κ2) is 7.04. The predicted octanol–water partition coefficient (Wildman–Crippen LogP) is 2.81. The average molecular weight is 265 g/mol. The molecule has 4 nitrogen and oxygen atoms in total. The van der Waals surface area contributed by atoms with E-state index in [0.29, 0.717) is 12.3 Å². The topological polar surface area (TPSA) is 50.9 Å². The summed E-state index contributed by atoms with van der Waals surface area (Å²) in [6.07, 6.45) is 9.23. The lowest BCUT2D eigenvalue weighted by Gasteiger charge is -2.30. The highest BCUT2D eigenvalue weighted by Gasteiger charge is 2.26. The predicted molar refractivity (Wildman–Crippen MR) is 75.8 cm³/mol. The number of aryl methyl sites for hydroxylation is 1. The van der Waals surface area contributed by atoms with Gasteiger partial charge in [-0.2, -0.15) is 5.10 Å². The second-order valence-corrected chi connectivity index (χ2v) is 5.86. The number of rotatable bonds is 6. The maximum absolute atomic E-state index is 10.4. The second-order valence-electron chi connectivity index (χ2n) is 5.86. The summed E-state index contributed by atoms with van der Waals surface area (Å²) in [7, 11) is 0. The number of hydrogen-bond acceptors (Lipinski definition) is 3. The van der Waals surface area contributed by atoms with E-state index in [1.807, 2.05) is 4.68 Å². The van der Waals surface area contributed by atoms with Gasteiger partial charge in [0.05, 0.1) is 6.10 Å². The van der Waals surface area contributed by atoms with Gasteiger partial charge in [-0.25, -0.2) is 4.98 Å². The lowest BCUT2D eigenvalue weighted by molar-refractivity contribution is 0.0710. The maximum Gasteiger partial charge on any atom is 0.138 e. The molecule has 0 bridgehead atoms. The summed E-state index contributed by atoms with van der Waals surface area (Å²) >= 11 is 0. The van der Waals surface area contributed by atoms with Crippen LogP contribution in [0.2, 0.25) is 0 Å². The van der Waals surface area contributed by atoms with Crippen LogP contribution in [-0.4, -0.2) is 26.0 Å². The summed E-state index contributed by atoms with van der Waals surface area (Å²) in [5, 5.41) is 14.6. The molecule has 1 unspecified atom stereocenters. The van der Waals surface area contributed by atoms with Gasteiger partial charge in [0.25, 0.3) is 0 Å². The van der Waals surface area contributed by atoms with Crippen molar-refractivity contribution in [3.05, 3.63) is 12.2 Å². The molecule has 2 rings (SSSR count). The first-order valence-corrected chi connectivity index (χ1v) is 7.79. The number of nitrogens with zero attached hydrogens (tertiary/aromatic N) is 3. The van der Waals surface area contributed by atoms with Gasteiger partial charge >= 0.3 is 0 Å². The van der Waals surface area contributed by atoms with Gasteiger partial charge in [-0.15, -0.1) is 0 Å². The standard InChI is InChI=1S/C15H27N3O/c1-3-9-18-15(16-11-17-18)10-14(19)13-7-5-12(4-2)6-8-13/h11-14,19H,3-10H2,1-2H3. The van der Waals surface area contributed by atoms with Gasteiger partial charge in [-0.05, 0) is 31.1 Å². The molecule has 1 N–H and O–H groups in total. The number of aliphatic hydroxyl groups is 1. The first kappa shape index (κ1) is 14.5. The van der Waals surface area contributed by atoms with Gasteiger partial charge in [0.1, 0.15) is 12.2 Å². The van der Waals surface area contributed by atoms with Crippen LogP contribution in [0.4, 0.5) is 0 Å². The van der Waals surface area contributed by atoms with Crippen LogP contribution < -0.4 is 0 Å². The minimum atomic E-state index is -0.252. The van der Waals surface area contributed by atoms with E-state index in [9.17, 15) is 5.11 Å². The lowest BCUT2D eigenvalue weighted by Crippen LogP contribution is -2.28. The molecule has 0 saturated heterocycles. The molecule has 1 aliphatic rings. The fourth-order valence-electron chi connectivity index (χ4n) is 3.18. The minimum Gasteiger partial charge on any atom is -0.392 e. The van der Waals surface area contributed by atoms with E-state index in [1.54, 1.807) is 6.33 Å². The van der Waals surface area contributed by atoms with Crippen molar-refractivity contribution in [2.45, 2.75) is 71.4 Å². The Morgan fingerprint density at radius 1 is 1.32 bits per heavy atom. The Bertz CT molecular complexity index is 369. The molecular weight excluding hydrogens is 238 g/mol. The molecule has 1 aromatic rings. The summed E-state index contributed by atoms with van der Waals surface area (Å²) < 4.78 is 1.93. The largest absolute Gasteiger partial charge is 0.392 e. The van der Waals surface area contributed by atoms with Crippen LogP contribution in [0.25, 0.3) is 0 Å². The first-order valence-electron chi connectivity index (χ1n) is 7.79. The Morgan fingerprint density at radius 3 is 2.68 bits per heavy atom. The van der Waals surface area contributed by atoms with Gasteiger partial charge in [-0.1, -0.05) is 33.1 Å². The van der Waals surface area contributed by atoms with Crippen LogP contribution in [0, 0.1) is 11.8 Å². The zero-order chi connectivity index (χ0) is 13.7. The first-order chi connectivity index (χ1) is 9.24. The van der Waals surface area contributed by atoms with Crippen LogP contribution in [0.1, 0.15) is 58.2 Å². The van der Waals surface area contributed by atoms with Crippen LogP contribution in [0.15, 0.2) is 6.33 Å². The molecule has 4 heteroatoms. The summed E-state index contributed by atoms with van der Waals surface area (Å²) in [5.74, 6) is 2.27. The van der Waals surface area contributed by atoms with Gasteiger partial charge < -0.3 is 5.11 Å². The third-order valence-corrected chi connectivity index (χ3v) is 4.54. The average Bonchev–Trinajstić information content (AvgIpc) is 2.86. The van der Waals surface area contributed by atoms with E-state index in [-0.39, 0.29) is 6.10 Å². The summed E-state index contributed by atoms with van der Waals surface area (Å²) in [6, 6.07) is 0. The van der Waals surface area contributed by atoms with Crippen LogP contribution in [-0.2, 0) is 13.0 Å². The van der Waals surface area contributed by atoms with Crippen molar-refractivity contribution >= 4 is 0 Å². The van der Waals surface area contributed by atoms with Crippen LogP contribution >= 0.6 is 0 Å². The normalized spacial score (nSPS) is 25.4. The van der Waals surface area contributed by atoms with Crippen LogP contribution in [0.5, 0.6) is 0 Å². The molecular formula is C15H27N3O. The zero-order valence-electron chi connectivity index (χ0n) is 12.3. The molecule has 0 spiro atoms. The summed E-state index contributed by atoms with van der Waals surface area (Å²) in [4.78, 5) is 4.29. The van der Waals surface area contributed by atoms with Crippen molar-refractivity contribution in [3.63, 3.8) is 0 Å². The molecule has 108 valence electrons. The van der Waals surface area contributed by atoms with Crippen molar-refractivity contribution < 1.29 is 5.11 Å². The number of aliphatic hydroxyl groups excluding tert-OH is 1. The molecule has 1 atom stereocenters. The molecule has 0 aliphatic heterocycles. The summed E-state index contributed by atoms with van der Waals surface area (Å²) in [5.41, 5.74) is 0. The Kier molecular flexibility index (Phi) is 5.37. The van der Waals surface area contributed by atoms with E-state index < -0.39 is 0 Å². The van der Waals surface area contributed by atoms with Crippen molar-refractivity contribution in [1.29, 1.82) is 0 Å². The van der Waals surface area contributed by atoms with Crippen LogP contribution in [0.3, 0.4) is 0 Å². The van der Waals surface area contributed by atoms with E-state index in [1.165, 1.54) is 32.1 Å². The molecule has 1 heterocycles. The van der Waals surface area contributed by atoms with Crippen molar-refractivity contribution in [3.8, 4) is 0 Å². The minimum absolute atomic E-state index is 0.252. The Hall–Kier alpha value is -0.900. The monoisotopic (exact) mass is 265 g/mol. The Morgan fingerprint density at radius 2 is 2.05 bits per heavy atom. The van der Waals surface area contributed by atoms with E-state index in [4.69, 9.17) is 0 Å². The van der Waals surface area contributed by atoms with E-state index in [0.717, 1.165) is 24.7 Å². The lowest BCUT2D eigenvalue weighted by atomic mass is 9.78. The van der Waals surface area contributed by atoms with Gasteiger partial charge in [0.15, 0.2) is 0 Å². The summed E-state index contributed by atoms with van der Waals surface area (Å²) in [6.45, 7) is 5.30. The number of aromatic nitrogens is 3. The molecule has 0 amide bonds. The third kappa shape index (κ3) is 3.78.